The van der Waals surface area contributed by atoms with Crippen molar-refractivity contribution in [3.05, 3.63) is 23.3 Å². The summed E-state index contributed by atoms with van der Waals surface area (Å²) in [5.74, 6) is 1.09. The lowest BCUT2D eigenvalue weighted by atomic mass is 9.99. The van der Waals surface area contributed by atoms with Gasteiger partial charge in [-0.2, -0.15) is 0 Å². The van der Waals surface area contributed by atoms with Crippen LogP contribution in [0, 0.1) is 0 Å². The van der Waals surface area contributed by atoms with E-state index in [0.717, 1.165) is 5.56 Å². The monoisotopic (exact) mass is 292 g/mol. The molecule has 1 aromatic rings. The van der Waals surface area contributed by atoms with Crippen LogP contribution in [-0.4, -0.2) is 22.6 Å². The molecule has 0 saturated carbocycles. The minimum atomic E-state index is -3.62. The molecule has 0 heterocycles. The SMILES string of the molecule is COc1cc(OC)c(C(C)C)cc1CS(=O)(=O)Cl. The summed E-state index contributed by atoms with van der Waals surface area (Å²) in [5.41, 5.74) is 1.46. The third-order valence-corrected chi connectivity index (χ3v) is 3.57. The van der Waals surface area contributed by atoms with E-state index < -0.39 is 9.05 Å². The van der Waals surface area contributed by atoms with E-state index in [-0.39, 0.29) is 11.7 Å². The maximum atomic E-state index is 11.2. The predicted octanol–water partition coefficient (Wildman–Crippen LogP) is 2.90. The van der Waals surface area contributed by atoms with Gasteiger partial charge in [-0.25, -0.2) is 8.42 Å². The molecule has 4 nitrogen and oxygen atoms in total. The number of rotatable bonds is 5. The number of hydrogen-bond donors (Lipinski definition) is 0. The van der Waals surface area contributed by atoms with E-state index in [2.05, 4.69) is 0 Å². The summed E-state index contributed by atoms with van der Waals surface area (Å²) in [5, 5.41) is 0. The molecular formula is C12H17ClO4S. The minimum Gasteiger partial charge on any atom is -0.496 e. The average Bonchev–Trinajstić information content (AvgIpc) is 2.26. The van der Waals surface area contributed by atoms with Gasteiger partial charge >= 0.3 is 0 Å². The highest BCUT2D eigenvalue weighted by atomic mass is 35.7. The van der Waals surface area contributed by atoms with Crippen molar-refractivity contribution in [3.63, 3.8) is 0 Å². The molecule has 0 N–H and O–H groups in total. The van der Waals surface area contributed by atoms with Crippen LogP contribution in [0.5, 0.6) is 11.5 Å². The van der Waals surface area contributed by atoms with E-state index in [4.69, 9.17) is 20.2 Å². The summed E-state index contributed by atoms with van der Waals surface area (Å²) in [6, 6.07) is 3.45. The predicted molar refractivity (Wildman–Crippen MR) is 72.1 cm³/mol. The lowest BCUT2D eigenvalue weighted by Crippen LogP contribution is -2.03. The van der Waals surface area contributed by atoms with Gasteiger partial charge in [-0.3, -0.25) is 0 Å². The Morgan fingerprint density at radius 3 is 2.11 bits per heavy atom. The zero-order valence-corrected chi connectivity index (χ0v) is 12.4. The second-order valence-electron chi connectivity index (χ2n) is 4.24. The number of methoxy groups -OCH3 is 2. The van der Waals surface area contributed by atoms with Gasteiger partial charge in [0.15, 0.2) is 0 Å². The van der Waals surface area contributed by atoms with Crippen molar-refractivity contribution in [1.82, 2.24) is 0 Å². The average molecular weight is 293 g/mol. The van der Waals surface area contributed by atoms with Crippen LogP contribution in [0.4, 0.5) is 0 Å². The van der Waals surface area contributed by atoms with Gasteiger partial charge in [0.2, 0.25) is 9.05 Å². The van der Waals surface area contributed by atoms with Gasteiger partial charge < -0.3 is 9.47 Å². The molecule has 0 aliphatic rings. The maximum Gasteiger partial charge on any atom is 0.236 e. The van der Waals surface area contributed by atoms with Gasteiger partial charge in [0.25, 0.3) is 0 Å². The summed E-state index contributed by atoms with van der Waals surface area (Å²) in [6.45, 7) is 4.01. The van der Waals surface area contributed by atoms with Crippen molar-refractivity contribution in [1.29, 1.82) is 0 Å². The lowest BCUT2D eigenvalue weighted by Gasteiger charge is -2.16. The number of halogens is 1. The quantitative estimate of drug-likeness (QED) is 0.783. The van der Waals surface area contributed by atoms with Crippen LogP contribution in [0.2, 0.25) is 0 Å². The van der Waals surface area contributed by atoms with Crippen LogP contribution in [0.1, 0.15) is 30.9 Å². The molecule has 0 atom stereocenters. The number of benzene rings is 1. The normalized spacial score (nSPS) is 11.7. The molecule has 102 valence electrons. The Kier molecular flexibility index (Phi) is 4.87. The molecule has 0 radical (unpaired) electrons. The summed E-state index contributed by atoms with van der Waals surface area (Å²) < 4.78 is 32.8. The molecular weight excluding hydrogens is 276 g/mol. The Hall–Kier alpha value is -0.940. The van der Waals surface area contributed by atoms with E-state index >= 15 is 0 Å². The second-order valence-corrected chi connectivity index (χ2v) is 7.02. The molecule has 0 bridgehead atoms. The summed E-state index contributed by atoms with van der Waals surface area (Å²) >= 11 is 0. The van der Waals surface area contributed by atoms with Crippen LogP contribution in [0.3, 0.4) is 0 Å². The first-order valence-corrected chi connectivity index (χ1v) is 7.93. The van der Waals surface area contributed by atoms with Crippen LogP contribution in [-0.2, 0) is 14.8 Å². The lowest BCUT2D eigenvalue weighted by molar-refractivity contribution is 0.387. The Bertz CT molecular complexity index is 523. The summed E-state index contributed by atoms with van der Waals surface area (Å²) in [4.78, 5) is 0. The second kappa shape index (κ2) is 5.80. The van der Waals surface area contributed by atoms with Crippen molar-refractivity contribution < 1.29 is 17.9 Å². The molecule has 0 aliphatic heterocycles. The molecule has 0 unspecified atom stereocenters. The number of hydrogen-bond acceptors (Lipinski definition) is 4. The van der Waals surface area contributed by atoms with E-state index in [1.165, 1.54) is 7.11 Å². The Balaban J connectivity index is 3.36. The summed E-state index contributed by atoms with van der Waals surface area (Å²) in [7, 11) is 4.72. The topological polar surface area (TPSA) is 52.6 Å². The Labute approximate surface area is 112 Å². The molecule has 6 heteroatoms. The maximum absolute atomic E-state index is 11.2. The molecule has 0 amide bonds. The van der Waals surface area contributed by atoms with Crippen molar-refractivity contribution in [2.75, 3.05) is 14.2 Å². The highest BCUT2D eigenvalue weighted by molar-refractivity contribution is 8.13. The largest absolute Gasteiger partial charge is 0.496 e. The fourth-order valence-electron chi connectivity index (χ4n) is 1.74. The molecule has 1 rings (SSSR count). The highest BCUT2D eigenvalue weighted by Gasteiger charge is 2.17. The molecule has 0 aliphatic carbocycles. The molecule has 18 heavy (non-hydrogen) atoms. The summed E-state index contributed by atoms with van der Waals surface area (Å²) in [6.07, 6.45) is 0. The Morgan fingerprint density at radius 2 is 1.72 bits per heavy atom. The van der Waals surface area contributed by atoms with Crippen LogP contribution in [0.15, 0.2) is 12.1 Å². The first kappa shape index (κ1) is 15.1. The van der Waals surface area contributed by atoms with E-state index in [9.17, 15) is 8.42 Å². The zero-order chi connectivity index (χ0) is 13.9. The minimum absolute atomic E-state index is 0.211. The van der Waals surface area contributed by atoms with Gasteiger partial charge in [0, 0.05) is 22.3 Å². The zero-order valence-electron chi connectivity index (χ0n) is 10.9. The third kappa shape index (κ3) is 3.78. The van der Waals surface area contributed by atoms with Crippen molar-refractivity contribution in [3.8, 4) is 11.5 Å². The van der Waals surface area contributed by atoms with Crippen molar-refractivity contribution in [2.45, 2.75) is 25.5 Å². The molecule has 0 fully saturated rings. The first-order valence-electron chi connectivity index (χ1n) is 5.45. The van der Waals surface area contributed by atoms with E-state index in [1.807, 2.05) is 13.8 Å². The van der Waals surface area contributed by atoms with Gasteiger partial charge in [-0.15, -0.1) is 0 Å². The van der Waals surface area contributed by atoms with Crippen molar-refractivity contribution in [2.24, 2.45) is 0 Å². The standard InChI is InChI=1S/C12H17ClO4S/c1-8(2)10-5-9(7-18(13,14)15)11(16-3)6-12(10)17-4/h5-6,8H,7H2,1-4H3. The van der Waals surface area contributed by atoms with Crippen molar-refractivity contribution >= 4 is 19.7 Å². The smallest absolute Gasteiger partial charge is 0.236 e. The van der Waals surface area contributed by atoms with E-state index in [0.29, 0.717) is 17.1 Å². The molecule has 0 aromatic heterocycles. The van der Waals surface area contributed by atoms with Gasteiger partial charge in [0.1, 0.15) is 11.5 Å². The Morgan fingerprint density at radius 1 is 1.17 bits per heavy atom. The van der Waals surface area contributed by atoms with Gasteiger partial charge in [-0.1, -0.05) is 13.8 Å². The van der Waals surface area contributed by atoms with Crippen LogP contribution < -0.4 is 9.47 Å². The molecule has 1 aromatic carbocycles. The first-order chi connectivity index (χ1) is 8.28. The van der Waals surface area contributed by atoms with Crippen LogP contribution >= 0.6 is 10.7 Å². The van der Waals surface area contributed by atoms with Gasteiger partial charge in [0.05, 0.1) is 20.0 Å². The molecule has 0 spiro atoms. The third-order valence-electron chi connectivity index (χ3n) is 2.58. The molecule has 0 saturated heterocycles. The number of ether oxygens (including phenoxy) is 2. The van der Waals surface area contributed by atoms with Crippen LogP contribution in [0.25, 0.3) is 0 Å². The fraction of sp³-hybridized carbons (Fsp3) is 0.500. The van der Waals surface area contributed by atoms with Gasteiger partial charge in [-0.05, 0) is 17.5 Å². The highest BCUT2D eigenvalue weighted by Crippen LogP contribution is 2.34. The van der Waals surface area contributed by atoms with E-state index in [1.54, 1.807) is 19.2 Å². The fourth-order valence-corrected chi connectivity index (χ4v) is 2.69.